The van der Waals surface area contributed by atoms with E-state index in [4.69, 9.17) is 0 Å². The summed E-state index contributed by atoms with van der Waals surface area (Å²) in [5, 5.41) is 5.71. The molecule has 4 N–H and O–H groups in total. The van der Waals surface area contributed by atoms with Crippen LogP contribution in [0.1, 0.15) is 25.7 Å². The number of hydrogen-bond acceptors (Lipinski definition) is 6. The van der Waals surface area contributed by atoms with Crippen LogP contribution in [0.3, 0.4) is 0 Å². The van der Waals surface area contributed by atoms with Gasteiger partial charge in [-0.1, -0.05) is 0 Å². The summed E-state index contributed by atoms with van der Waals surface area (Å²) in [6, 6.07) is 0.634. The quantitative estimate of drug-likeness (QED) is 0.660. The molecule has 2 heterocycles. The van der Waals surface area contributed by atoms with E-state index in [2.05, 4.69) is 30.6 Å². The molecule has 0 saturated heterocycles. The van der Waals surface area contributed by atoms with Gasteiger partial charge in [0.05, 0.1) is 12.4 Å². The highest BCUT2D eigenvalue weighted by atomic mass is 19.1. The highest BCUT2D eigenvalue weighted by Gasteiger charge is 2.23. The van der Waals surface area contributed by atoms with Crippen LogP contribution in [0, 0.1) is 11.6 Å². The van der Waals surface area contributed by atoms with Crippen molar-refractivity contribution in [3.8, 4) is 0 Å². The summed E-state index contributed by atoms with van der Waals surface area (Å²) in [5.74, 6) is -0.724. The van der Waals surface area contributed by atoms with Crippen molar-refractivity contribution in [1.29, 1.82) is 0 Å². The zero-order valence-electron chi connectivity index (χ0n) is 12.6. The van der Waals surface area contributed by atoms with Crippen LogP contribution < -0.4 is 22.0 Å². The van der Waals surface area contributed by atoms with Crippen molar-refractivity contribution in [3.63, 3.8) is 0 Å². The molecule has 24 heavy (non-hydrogen) atoms. The van der Waals surface area contributed by atoms with Gasteiger partial charge in [-0.15, -0.1) is 0 Å². The van der Waals surface area contributed by atoms with E-state index >= 15 is 0 Å². The Labute approximate surface area is 134 Å². The van der Waals surface area contributed by atoms with Crippen molar-refractivity contribution in [1.82, 2.24) is 19.9 Å². The first-order valence-electron chi connectivity index (χ1n) is 7.54. The molecular weight excluding hydrogens is 322 g/mol. The number of aromatic amines is 2. The number of rotatable bonds is 4. The van der Waals surface area contributed by atoms with Crippen LogP contribution in [0.4, 0.5) is 20.4 Å². The maximum Gasteiger partial charge on any atom is 0.346 e. The maximum absolute atomic E-state index is 12.9. The minimum atomic E-state index is -0.528. The molecule has 128 valence electrons. The standard InChI is InChI=1S/2C7H8FN3O/c2*8-5-3-9-7(12)11-6(5)10-4-1-2-4/h2*3-4H,1-2H2,(H2,9,10,11,12). The summed E-state index contributed by atoms with van der Waals surface area (Å²) in [6.07, 6.45) is 5.97. The van der Waals surface area contributed by atoms with Gasteiger partial charge in [-0.2, -0.15) is 9.97 Å². The Bertz CT molecular complexity index is 759. The average Bonchev–Trinajstić information content (AvgIpc) is 3.44. The van der Waals surface area contributed by atoms with Crippen LogP contribution in [0.25, 0.3) is 0 Å². The molecule has 0 bridgehead atoms. The lowest BCUT2D eigenvalue weighted by atomic mass is 10.5. The predicted octanol–water partition coefficient (Wildman–Crippen LogP) is 0.967. The van der Waals surface area contributed by atoms with Crippen LogP contribution >= 0.6 is 0 Å². The van der Waals surface area contributed by atoms with E-state index < -0.39 is 23.0 Å². The van der Waals surface area contributed by atoms with Crippen LogP contribution in [-0.4, -0.2) is 32.0 Å². The maximum atomic E-state index is 12.9. The third-order valence-corrected chi connectivity index (χ3v) is 3.38. The number of anilines is 2. The monoisotopic (exact) mass is 338 g/mol. The SMILES string of the molecule is O=c1ncc(F)c(NC2CC2)[nH]1.O=c1ncc(F)c(NC2CC2)[nH]1. The van der Waals surface area contributed by atoms with Gasteiger partial charge in [-0.3, -0.25) is 9.97 Å². The molecule has 0 amide bonds. The Morgan fingerprint density at radius 2 is 1.21 bits per heavy atom. The van der Waals surface area contributed by atoms with E-state index in [1.54, 1.807) is 0 Å². The minimum absolute atomic E-state index is 0.150. The van der Waals surface area contributed by atoms with E-state index in [0.717, 1.165) is 38.1 Å². The number of nitrogens with zero attached hydrogens (tertiary/aromatic N) is 2. The van der Waals surface area contributed by atoms with Crippen molar-refractivity contribution >= 4 is 11.6 Å². The third-order valence-electron chi connectivity index (χ3n) is 3.38. The summed E-state index contributed by atoms with van der Waals surface area (Å²) >= 11 is 0. The first kappa shape index (κ1) is 16.1. The summed E-state index contributed by atoms with van der Waals surface area (Å²) in [4.78, 5) is 32.4. The smallest absolute Gasteiger partial charge is 0.346 e. The molecule has 2 aliphatic rings. The van der Waals surface area contributed by atoms with E-state index in [1.165, 1.54) is 0 Å². The summed E-state index contributed by atoms with van der Waals surface area (Å²) in [5.41, 5.74) is -1.06. The molecule has 0 unspecified atom stereocenters. The number of hydrogen-bond donors (Lipinski definition) is 4. The fraction of sp³-hybridized carbons (Fsp3) is 0.429. The lowest BCUT2D eigenvalue weighted by Gasteiger charge is -2.02. The molecule has 0 radical (unpaired) electrons. The van der Waals surface area contributed by atoms with Gasteiger partial charge in [0.15, 0.2) is 11.6 Å². The second-order valence-electron chi connectivity index (χ2n) is 5.66. The van der Waals surface area contributed by atoms with E-state index in [1.807, 2.05) is 0 Å². The predicted molar refractivity (Wildman–Crippen MR) is 82.9 cm³/mol. The van der Waals surface area contributed by atoms with Crippen LogP contribution in [0.5, 0.6) is 0 Å². The van der Waals surface area contributed by atoms with Gasteiger partial charge in [0, 0.05) is 12.1 Å². The van der Waals surface area contributed by atoms with Crippen LogP contribution in [-0.2, 0) is 0 Å². The molecule has 8 nitrogen and oxygen atoms in total. The van der Waals surface area contributed by atoms with Crippen molar-refractivity contribution < 1.29 is 8.78 Å². The Kier molecular flexibility index (Phi) is 4.54. The molecule has 4 rings (SSSR count). The first-order chi connectivity index (χ1) is 11.5. The van der Waals surface area contributed by atoms with Crippen molar-refractivity contribution in [2.24, 2.45) is 0 Å². The number of halogens is 2. The van der Waals surface area contributed by atoms with Gasteiger partial charge < -0.3 is 10.6 Å². The molecule has 0 spiro atoms. The van der Waals surface area contributed by atoms with E-state index in [9.17, 15) is 18.4 Å². The minimum Gasteiger partial charge on any atom is -0.366 e. The topological polar surface area (TPSA) is 116 Å². The Hall–Kier alpha value is -2.78. The average molecular weight is 338 g/mol. The molecule has 0 aliphatic heterocycles. The fourth-order valence-corrected chi connectivity index (χ4v) is 1.83. The summed E-state index contributed by atoms with van der Waals surface area (Å²) < 4.78 is 25.7. The Morgan fingerprint density at radius 1 is 0.833 bits per heavy atom. The highest BCUT2D eigenvalue weighted by Crippen LogP contribution is 2.24. The fourth-order valence-electron chi connectivity index (χ4n) is 1.83. The highest BCUT2D eigenvalue weighted by molar-refractivity contribution is 5.37. The molecular formula is C14H16F2N6O2. The second-order valence-corrected chi connectivity index (χ2v) is 5.66. The number of nitrogens with one attached hydrogen (secondary N) is 4. The van der Waals surface area contributed by atoms with Crippen LogP contribution in [0.2, 0.25) is 0 Å². The van der Waals surface area contributed by atoms with Crippen molar-refractivity contribution in [3.05, 3.63) is 45.0 Å². The molecule has 2 aliphatic carbocycles. The Morgan fingerprint density at radius 3 is 1.54 bits per heavy atom. The van der Waals surface area contributed by atoms with Gasteiger partial charge in [-0.25, -0.2) is 18.4 Å². The van der Waals surface area contributed by atoms with Gasteiger partial charge in [0.25, 0.3) is 0 Å². The second kappa shape index (κ2) is 6.77. The molecule has 0 aromatic carbocycles. The van der Waals surface area contributed by atoms with Crippen LogP contribution in [0.15, 0.2) is 22.0 Å². The third kappa shape index (κ3) is 4.61. The molecule has 2 saturated carbocycles. The summed E-state index contributed by atoms with van der Waals surface area (Å²) in [6.45, 7) is 0. The Balaban J connectivity index is 0.000000141. The molecule has 0 atom stereocenters. The van der Waals surface area contributed by atoms with Crippen molar-refractivity contribution in [2.75, 3.05) is 10.6 Å². The molecule has 2 fully saturated rings. The number of H-pyrrole nitrogens is 2. The normalized spacial score (nSPS) is 16.1. The van der Waals surface area contributed by atoms with E-state index in [0.29, 0.717) is 12.1 Å². The molecule has 2 aromatic rings. The van der Waals surface area contributed by atoms with Crippen molar-refractivity contribution in [2.45, 2.75) is 37.8 Å². The molecule has 10 heteroatoms. The van der Waals surface area contributed by atoms with Gasteiger partial charge >= 0.3 is 11.4 Å². The van der Waals surface area contributed by atoms with Gasteiger partial charge in [-0.05, 0) is 25.7 Å². The van der Waals surface area contributed by atoms with Gasteiger partial charge in [0.2, 0.25) is 0 Å². The zero-order chi connectivity index (χ0) is 17.1. The van der Waals surface area contributed by atoms with E-state index in [-0.39, 0.29) is 11.6 Å². The summed E-state index contributed by atoms with van der Waals surface area (Å²) in [7, 11) is 0. The largest absolute Gasteiger partial charge is 0.366 e. The lowest BCUT2D eigenvalue weighted by molar-refractivity contribution is 0.613. The number of aromatic nitrogens is 4. The zero-order valence-corrected chi connectivity index (χ0v) is 12.6. The van der Waals surface area contributed by atoms with Gasteiger partial charge in [0.1, 0.15) is 11.6 Å². The lowest BCUT2D eigenvalue weighted by Crippen LogP contribution is -2.15. The first-order valence-corrected chi connectivity index (χ1v) is 7.54. The molecule has 2 aromatic heterocycles.